The summed E-state index contributed by atoms with van der Waals surface area (Å²) in [6, 6.07) is 34.1. The lowest BCUT2D eigenvalue weighted by Gasteiger charge is -2.25. The molecular weight excluding hydrogens is 349 g/mol. The second-order valence-electron chi connectivity index (χ2n) is 6.74. The topological polar surface area (TPSA) is 29.1 Å². The summed E-state index contributed by atoms with van der Waals surface area (Å²) in [6.07, 6.45) is 0. The lowest BCUT2D eigenvalue weighted by Crippen LogP contribution is -2.29. The molecule has 0 bridgehead atoms. The summed E-state index contributed by atoms with van der Waals surface area (Å²) in [5, 5.41) is 7.36. The van der Waals surface area contributed by atoms with Crippen molar-refractivity contribution in [3.05, 3.63) is 109 Å². The minimum absolute atomic E-state index is 0.0382. The number of fused-ring (bicyclic) bond motifs is 1. The van der Waals surface area contributed by atoms with Crippen molar-refractivity contribution in [2.24, 2.45) is 0 Å². The zero-order valence-corrected chi connectivity index (χ0v) is 16.1. The van der Waals surface area contributed by atoms with Gasteiger partial charge in [0, 0.05) is 16.7 Å². The van der Waals surface area contributed by atoms with E-state index in [1.165, 1.54) is 0 Å². The van der Waals surface area contributed by atoms with Crippen LogP contribution in [0.3, 0.4) is 0 Å². The highest BCUT2D eigenvalue weighted by Crippen LogP contribution is 2.42. The maximum Gasteiger partial charge on any atom is 0.205 e. The van der Waals surface area contributed by atoms with Crippen molar-refractivity contribution in [2.75, 3.05) is 0 Å². The van der Waals surface area contributed by atoms with Gasteiger partial charge < -0.3 is 0 Å². The first-order valence-corrected chi connectivity index (χ1v) is 10.9. The van der Waals surface area contributed by atoms with Crippen LogP contribution in [0, 0.1) is 0 Å². The van der Waals surface area contributed by atoms with Crippen molar-refractivity contribution in [2.45, 2.75) is 13.0 Å². The summed E-state index contributed by atoms with van der Waals surface area (Å²) in [5.41, 5.74) is 1.12. The molecule has 2 nitrogen and oxygen atoms in total. The molecule has 4 aromatic carbocycles. The van der Waals surface area contributed by atoms with Crippen LogP contribution in [0.5, 0.6) is 0 Å². The van der Waals surface area contributed by atoms with Gasteiger partial charge in [-0.2, -0.15) is 0 Å². The van der Waals surface area contributed by atoms with Crippen molar-refractivity contribution in [1.29, 1.82) is 0 Å². The normalized spacial score (nSPS) is 14.6. The van der Waals surface area contributed by atoms with E-state index >= 15 is 0 Å². The van der Waals surface area contributed by atoms with Crippen LogP contribution in [0.15, 0.2) is 103 Å². The number of hydrogen-bond donors (Lipinski definition) is 1. The third-order valence-electron chi connectivity index (χ3n) is 4.89. The fourth-order valence-corrected chi connectivity index (χ4v) is 5.89. The minimum Gasteiger partial charge on any atom is -0.297 e. The maximum absolute atomic E-state index is 14.3. The van der Waals surface area contributed by atoms with E-state index in [9.17, 15) is 4.57 Å². The molecule has 0 saturated heterocycles. The molecule has 0 radical (unpaired) electrons. The van der Waals surface area contributed by atoms with Crippen LogP contribution in [0.25, 0.3) is 10.8 Å². The summed E-state index contributed by atoms with van der Waals surface area (Å²) in [7, 11) is -3.00. The molecule has 1 unspecified atom stereocenters. The third-order valence-corrected chi connectivity index (χ3v) is 7.67. The van der Waals surface area contributed by atoms with Gasteiger partial charge in [-0.05, 0) is 47.5 Å². The van der Waals surface area contributed by atoms with Crippen LogP contribution in [0.2, 0.25) is 0 Å². The Hall–Kier alpha value is -2.67. The van der Waals surface area contributed by atoms with Crippen LogP contribution in [0.1, 0.15) is 18.5 Å². The lowest BCUT2D eigenvalue weighted by atomic mass is 10.1. The van der Waals surface area contributed by atoms with Gasteiger partial charge in [-0.15, -0.1) is 0 Å². The Bertz CT molecular complexity index is 1090. The van der Waals surface area contributed by atoms with E-state index in [0.717, 1.165) is 26.9 Å². The number of nitrogens with one attached hydrogen (secondary N) is 1. The van der Waals surface area contributed by atoms with Gasteiger partial charge in [0.2, 0.25) is 7.29 Å². The second kappa shape index (κ2) is 7.52. The first kappa shape index (κ1) is 17.7. The fraction of sp³-hybridized carbons (Fsp3) is 0.0833. The fourth-order valence-electron chi connectivity index (χ4n) is 3.40. The molecule has 0 aliphatic heterocycles. The Morgan fingerprint density at radius 2 is 1.26 bits per heavy atom. The number of benzene rings is 4. The Kier molecular flexibility index (Phi) is 4.94. The van der Waals surface area contributed by atoms with Crippen LogP contribution in [0.4, 0.5) is 0 Å². The molecule has 2 atom stereocenters. The largest absolute Gasteiger partial charge is 0.297 e. The highest BCUT2D eigenvalue weighted by atomic mass is 31.2. The molecule has 134 valence electrons. The third kappa shape index (κ3) is 3.60. The second-order valence-corrected chi connectivity index (χ2v) is 9.25. The summed E-state index contributed by atoms with van der Waals surface area (Å²) >= 11 is 0. The zero-order valence-electron chi connectivity index (χ0n) is 15.2. The van der Waals surface area contributed by atoms with E-state index in [1.807, 2.05) is 72.8 Å². The van der Waals surface area contributed by atoms with Gasteiger partial charge in [0.15, 0.2) is 0 Å². The smallest absolute Gasteiger partial charge is 0.205 e. The predicted molar refractivity (Wildman–Crippen MR) is 115 cm³/mol. The Morgan fingerprint density at radius 3 is 1.96 bits per heavy atom. The maximum atomic E-state index is 14.3. The molecule has 0 amide bonds. The van der Waals surface area contributed by atoms with Crippen molar-refractivity contribution in [3.8, 4) is 0 Å². The molecule has 3 heteroatoms. The van der Waals surface area contributed by atoms with Gasteiger partial charge >= 0.3 is 0 Å². The van der Waals surface area contributed by atoms with Gasteiger partial charge in [0.1, 0.15) is 0 Å². The molecule has 0 fully saturated rings. The highest BCUT2D eigenvalue weighted by molar-refractivity contribution is 7.77. The standard InChI is InChI=1S/C24H22NOP/c1-19(20-10-4-2-5-11-20)25-27(26,23-14-6-3-7-15-23)24-17-16-21-12-8-9-13-22(21)18-24/h2-19H,1H3,(H,25,26)/t19-,27?/m1/s1. The monoisotopic (exact) mass is 371 g/mol. The molecule has 4 aromatic rings. The average Bonchev–Trinajstić information content (AvgIpc) is 2.74. The molecule has 0 aliphatic carbocycles. The van der Waals surface area contributed by atoms with E-state index in [0.29, 0.717) is 0 Å². The summed E-state index contributed by atoms with van der Waals surface area (Å²) < 4.78 is 14.3. The summed E-state index contributed by atoms with van der Waals surface area (Å²) in [5.74, 6) is 0. The van der Waals surface area contributed by atoms with E-state index in [2.05, 4.69) is 42.3 Å². The average molecular weight is 371 g/mol. The number of hydrogen-bond acceptors (Lipinski definition) is 1. The molecule has 4 rings (SSSR count). The van der Waals surface area contributed by atoms with Gasteiger partial charge in [0.25, 0.3) is 0 Å². The molecule has 1 N–H and O–H groups in total. The van der Waals surface area contributed by atoms with Crippen molar-refractivity contribution >= 4 is 28.7 Å². The zero-order chi connectivity index (χ0) is 18.7. The Balaban J connectivity index is 1.82. The van der Waals surface area contributed by atoms with E-state index in [1.54, 1.807) is 0 Å². The summed E-state index contributed by atoms with van der Waals surface area (Å²) in [4.78, 5) is 0. The molecule has 27 heavy (non-hydrogen) atoms. The molecule has 0 aromatic heterocycles. The van der Waals surface area contributed by atoms with Gasteiger partial charge in [0.05, 0.1) is 0 Å². The van der Waals surface area contributed by atoms with Crippen molar-refractivity contribution in [3.63, 3.8) is 0 Å². The van der Waals surface area contributed by atoms with Gasteiger partial charge in [-0.25, -0.2) is 0 Å². The van der Waals surface area contributed by atoms with E-state index in [-0.39, 0.29) is 6.04 Å². The molecule has 0 saturated carbocycles. The molecule has 0 spiro atoms. The van der Waals surface area contributed by atoms with Crippen LogP contribution in [-0.2, 0) is 4.57 Å². The quantitative estimate of drug-likeness (QED) is 0.475. The van der Waals surface area contributed by atoms with Crippen molar-refractivity contribution in [1.82, 2.24) is 5.09 Å². The van der Waals surface area contributed by atoms with E-state index in [4.69, 9.17) is 0 Å². The molecule has 0 heterocycles. The number of rotatable bonds is 5. The van der Waals surface area contributed by atoms with E-state index < -0.39 is 7.29 Å². The highest BCUT2D eigenvalue weighted by Gasteiger charge is 2.29. The first-order chi connectivity index (χ1) is 13.2. The van der Waals surface area contributed by atoms with Crippen LogP contribution >= 0.6 is 7.29 Å². The first-order valence-electron chi connectivity index (χ1n) is 9.14. The molecule has 0 aliphatic rings. The van der Waals surface area contributed by atoms with Crippen LogP contribution in [-0.4, -0.2) is 0 Å². The van der Waals surface area contributed by atoms with Crippen molar-refractivity contribution < 1.29 is 4.57 Å². The lowest BCUT2D eigenvalue weighted by molar-refractivity contribution is 0.568. The van der Waals surface area contributed by atoms with Crippen LogP contribution < -0.4 is 15.7 Å². The van der Waals surface area contributed by atoms with Gasteiger partial charge in [-0.1, -0.05) is 78.9 Å². The Labute approximate surface area is 160 Å². The van der Waals surface area contributed by atoms with Gasteiger partial charge in [-0.3, -0.25) is 9.65 Å². The molecular formula is C24H22NOP. The SMILES string of the molecule is C[C@@H](NP(=O)(c1ccccc1)c1ccc2ccccc2c1)c1ccccc1. The predicted octanol–water partition coefficient (Wildman–Crippen LogP) is 5.42. The minimum atomic E-state index is -3.00. The Morgan fingerprint density at radius 1 is 0.667 bits per heavy atom. The summed E-state index contributed by atoms with van der Waals surface area (Å²) in [6.45, 7) is 2.06.